The monoisotopic (exact) mass is 472 g/mol. The maximum Gasteiger partial charge on any atom is 0.293 e. The molecule has 7 nitrogen and oxygen atoms in total. The zero-order valence-electron chi connectivity index (χ0n) is 18.7. The van der Waals surface area contributed by atoms with Gasteiger partial charge in [0.1, 0.15) is 0 Å². The number of nitrogens with one attached hydrogen (secondary N) is 1. The maximum absolute atomic E-state index is 13.0. The molecule has 1 aliphatic carbocycles. The minimum Gasteiger partial charge on any atom is -0.350 e. The normalized spacial score (nSPS) is 17.0. The molecule has 1 aliphatic heterocycles. The zero-order valence-corrected chi connectivity index (χ0v) is 19.5. The summed E-state index contributed by atoms with van der Waals surface area (Å²) >= 11 is 0.921. The average molecular weight is 473 g/mol. The third-order valence-electron chi connectivity index (χ3n) is 5.95. The van der Waals surface area contributed by atoms with E-state index in [9.17, 15) is 14.4 Å². The first-order valence-corrected chi connectivity index (χ1v) is 12.1. The fourth-order valence-electron chi connectivity index (χ4n) is 4.05. The molecule has 1 N–H and O–H groups in total. The third kappa shape index (κ3) is 4.41. The Morgan fingerprint density at radius 3 is 2.59 bits per heavy atom. The smallest absolute Gasteiger partial charge is 0.293 e. The van der Waals surface area contributed by atoms with Crippen LogP contribution < -0.4 is 5.32 Å². The van der Waals surface area contributed by atoms with E-state index in [0.29, 0.717) is 16.4 Å². The topological polar surface area (TPSA) is 84.3 Å². The number of rotatable bonds is 7. The van der Waals surface area contributed by atoms with Crippen LogP contribution in [0.2, 0.25) is 0 Å². The summed E-state index contributed by atoms with van der Waals surface area (Å²) in [4.78, 5) is 39.6. The number of imide groups is 1. The lowest BCUT2D eigenvalue weighted by atomic mass is 10.1. The number of amides is 3. The van der Waals surface area contributed by atoms with Crippen LogP contribution in [0.5, 0.6) is 0 Å². The summed E-state index contributed by atoms with van der Waals surface area (Å²) in [6.07, 6.45) is 5.38. The van der Waals surface area contributed by atoms with Gasteiger partial charge in [-0.05, 0) is 54.8 Å². The van der Waals surface area contributed by atoms with Crippen LogP contribution >= 0.6 is 11.8 Å². The number of aromatic nitrogens is 2. The Kier molecular flexibility index (Phi) is 6.06. The van der Waals surface area contributed by atoms with E-state index in [4.69, 9.17) is 0 Å². The number of carbonyl (C=O) groups is 3. The van der Waals surface area contributed by atoms with Crippen molar-refractivity contribution in [1.82, 2.24) is 20.0 Å². The fraction of sp³-hybridized carbons (Fsp3) is 0.231. The number of hydrogen-bond donors (Lipinski definition) is 1. The van der Waals surface area contributed by atoms with Crippen LogP contribution in [0.25, 0.3) is 11.8 Å². The van der Waals surface area contributed by atoms with E-state index in [1.807, 2.05) is 66.2 Å². The molecule has 2 aliphatic rings. The van der Waals surface area contributed by atoms with Crippen molar-refractivity contribution in [2.45, 2.75) is 25.7 Å². The number of nitrogens with zero attached hydrogens (tertiary/aromatic N) is 3. The molecule has 5 rings (SSSR count). The molecule has 2 heterocycles. The maximum atomic E-state index is 13.0. The van der Waals surface area contributed by atoms with Crippen molar-refractivity contribution in [2.75, 3.05) is 13.1 Å². The molecule has 2 fully saturated rings. The second kappa shape index (κ2) is 9.30. The van der Waals surface area contributed by atoms with Crippen molar-refractivity contribution in [1.29, 1.82) is 0 Å². The molecule has 1 saturated heterocycles. The number of aryl methyl sites for hydroxylation is 1. The molecule has 1 saturated carbocycles. The summed E-state index contributed by atoms with van der Waals surface area (Å²) < 4.78 is 1.87. The van der Waals surface area contributed by atoms with Crippen molar-refractivity contribution in [2.24, 2.45) is 0 Å². The van der Waals surface area contributed by atoms with Crippen molar-refractivity contribution >= 4 is 34.9 Å². The van der Waals surface area contributed by atoms with Gasteiger partial charge in [0.25, 0.3) is 17.1 Å². The van der Waals surface area contributed by atoms with Crippen molar-refractivity contribution in [3.63, 3.8) is 0 Å². The Morgan fingerprint density at radius 2 is 1.85 bits per heavy atom. The Labute approximate surface area is 201 Å². The van der Waals surface area contributed by atoms with E-state index >= 15 is 0 Å². The predicted octanol–water partition coefficient (Wildman–Crippen LogP) is 4.52. The highest BCUT2D eigenvalue weighted by Gasteiger charge is 2.35. The minimum absolute atomic E-state index is 0.118. The predicted molar refractivity (Wildman–Crippen MR) is 132 cm³/mol. The van der Waals surface area contributed by atoms with Crippen LogP contribution in [0, 0.1) is 6.92 Å². The Hall–Kier alpha value is -3.65. The summed E-state index contributed by atoms with van der Waals surface area (Å²) in [5.41, 5.74) is 4.38. The lowest BCUT2D eigenvalue weighted by Gasteiger charge is -2.14. The summed E-state index contributed by atoms with van der Waals surface area (Å²) in [5.74, 6) is -0.264. The van der Waals surface area contributed by atoms with Crippen molar-refractivity contribution in [3.8, 4) is 5.69 Å². The molecular formula is C26H24N4O3S. The first-order chi connectivity index (χ1) is 16.5. The third-order valence-corrected chi connectivity index (χ3v) is 6.86. The Morgan fingerprint density at radius 1 is 1.12 bits per heavy atom. The van der Waals surface area contributed by atoms with E-state index in [2.05, 4.69) is 10.4 Å². The largest absolute Gasteiger partial charge is 0.350 e. The van der Waals surface area contributed by atoms with E-state index in [-0.39, 0.29) is 30.1 Å². The molecule has 0 atom stereocenters. The quantitative estimate of drug-likeness (QED) is 0.511. The molecular weight excluding hydrogens is 448 g/mol. The van der Waals surface area contributed by atoms with Crippen molar-refractivity contribution in [3.05, 3.63) is 88.1 Å². The van der Waals surface area contributed by atoms with Gasteiger partial charge in [-0.3, -0.25) is 19.3 Å². The molecule has 0 spiro atoms. The highest BCUT2D eigenvalue weighted by Crippen LogP contribution is 2.42. The van der Waals surface area contributed by atoms with Crippen LogP contribution in [-0.4, -0.2) is 44.8 Å². The highest BCUT2D eigenvalue weighted by molar-refractivity contribution is 8.18. The number of benzene rings is 2. The highest BCUT2D eigenvalue weighted by atomic mass is 32.2. The van der Waals surface area contributed by atoms with Gasteiger partial charge < -0.3 is 5.32 Å². The lowest BCUT2D eigenvalue weighted by Crippen LogP contribution is -2.37. The summed E-state index contributed by atoms with van der Waals surface area (Å²) in [5, 5.41) is 7.06. The first kappa shape index (κ1) is 22.2. The van der Waals surface area contributed by atoms with E-state index in [1.54, 1.807) is 12.3 Å². The van der Waals surface area contributed by atoms with Crippen LogP contribution in [0.4, 0.5) is 4.79 Å². The SMILES string of the molecule is Cc1ccccc1-n1ncc(C(=O)NCCN2C(=O)S/C(=C\c3ccccc3)C2=O)c1C1CC1. The van der Waals surface area contributed by atoms with Crippen molar-refractivity contribution < 1.29 is 14.4 Å². The van der Waals surface area contributed by atoms with Crippen LogP contribution in [0.1, 0.15) is 45.9 Å². The van der Waals surface area contributed by atoms with E-state index in [1.165, 1.54) is 4.90 Å². The number of hydrogen-bond acceptors (Lipinski definition) is 5. The van der Waals surface area contributed by atoms with Gasteiger partial charge in [-0.2, -0.15) is 5.10 Å². The summed E-state index contributed by atoms with van der Waals surface area (Å²) in [6, 6.07) is 17.4. The molecule has 0 radical (unpaired) electrons. The van der Waals surface area contributed by atoms with Gasteiger partial charge >= 0.3 is 0 Å². The number of para-hydroxylation sites is 1. The average Bonchev–Trinajstić information content (AvgIpc) is 3.53. The first-order valence-electron chi connectivity index (χ1n) is 11.3. The van der Waals surface area contributed by atoms with Gasteiger partial charge in [-0.1, -0.05) is 48.5 Å². The lowest BCUT2D eigenvalue weighted by molar-refractivity contribution is -0.122. The van der Waals surface area contributed by atoms with Crippen LogP contribution in [0.3, 0.4) is 0 Å². The van der Waals surface area contributed by atoms with Gasteiger partial charge in [0.15, 0.2) is 0 Å². The number of carbonyl (C=O) groups excluding carboxylic acids is 3. The second-order valence-electron chi connectivity index (χ2n) is 8.42. The van der Waals surface area contributed by atoms with E-state index < -0.39 is 0 Å². The standard InChI is InChI=1S/C26H24N4O3S/c1-17-7-5-6-10-21(17)30-23(19-11-12-19)20(16-28-30)24(31)27-13-14-29-25(32)22(34-26(29)33)15-18-8-3-2-4-9-18/h2-10,15-16,19H,11-14H2,1H3,(H,27,31)/b22-15-. The molecule has 2 aromatic carbocycles. The van der Waals surface area contributed by atoms with E-state index in [0.717, 1.165) is 47.1 Å². The molecule has 3 aromatic rings. The molecule has 0 bridgehead atoms. The molecule has 0 unspecified atom stereocenters. The fourth-order valence-corrected chi connectivity index (χ4v) is 4.91. The second-order valence-corrected chi connectivity index (χ2v) is 9.41. The van der Waals surface area contributed by atoms with Gasteiger partial charge in [-0.15, -0.1) is 0 Å². The van der Waals surface area contributed by atoms with Gasteiger partial charge in [-0.25, -0.2) is 4.68 Å². The molecule has 172 valence electrons. The summed E-state index contributed by atoms with van der Waals surface area (Å²) in [7, 11) is 0. The molecule has 8 heteroatoms. The summed E-state index contributed by atoms with van der Waals surface area (Å²) in [6.45, 7) is 2.32. The molecule has 3 amide bonds. The van der Waals surface area contributed by atoms with Gasteiger partial charge in [0.2, 0.25) is 0 Å². The number of thioether (sulfide) groups is 1. The van der Waals surface area contributed by atoms with Gasteiger partial charge in [0, 0.05) is 19.0 Å². The Balaban J connectivity index is 1.26. The Bertz CT molecular complexity index is 1290. The van der Waals surface area contributed by atoms with Crippen LogP contribution in [0.15, 0.2) is 65.7 Å². The molecule has 34 heavy (non-hydrogen) atoms. The minimum atomic E-state index is -0.334. The zero-order chi connectivity index (χ0) is 23.7. The molecule has 1 aromatic heterocycles. The van der Waals surface area contributed by atoms with Crippen LogP contribution in [-0.2, 0) is 4.79 Å². The van der Waals surface area contributed by atoms with Gasteiger partial charge in [0.05, 0.1) is 28.0 Å².